The van der Waals surface area contributed by atoms with E-state index in [1.54, 1.807) is 0 Å². The molecule has 0 bridgehead atoms. The Bertz CT molecular complexity index is 1140. The third-order valence-electron chi connectivity index (χ3n) is 6.50. The van der Waals surface area contributed by atoms with Crippen molar-refractivity contribution in [1.82, 2.24) is 0 Å². The molecule has 0 aliphatic heterocycles. The first-order valence-electron chi connectivity index (χ1n) is 13.2. The summed E-state index contributed by atoms with van der Waals surface area (Å²) < 4.78 is 0. The summed E-state index contributed by atoms with van der Waals surface area (Å²) in [7, 11) is 0.0576. The molecule has 0 radical (unpaired) electrons. The number of unbranched alkanes of at least 4 members (excludes halogenated alkanes) is 1. The van der Waals surface area contributed by atoms with Crippen LogP contribution in [0.2, 0.25) is 0 Å². The van der Waals surface area contributed by atoms with Crippen LogP contribution in [0.25, 0.3) is 10.8 Å². The topological polar surface area (TPSA) is 0 Å². The van der Waals surface area contributed by atoms with E-state index in [9.17, 15) is 0 Å². The van der Waals surface area contributed by atoms with Crippen molar-refractivity contribution < 1.29 is 25.8 Å². The molecule has 0 spiro atoms. The first-order valence-corrected chi connectivity index (χ1v) is 15.5. The van der Waals surface area contributed by atoms with Crippen molar-refractivity contribution in [3.05, 3.63) is 131 Å². The Morgan fingerprint density at radius 1 is 0.784 bits per heavy atom. The Morgan fingerprint density at radius 3 is 1.84 bits per heavy atom. The number of hydrogen-bond acceptors (Lipinski definition) is 0. The van der Waals surface area contributed by atoms with Gasteiger partial charge >= 0.3 is 0 Å². The largest absolute Gasteiger partial charge is 0.269 e. The van der Waals surface area contributed by atoms with Gasteiger partial charge < -0.3 is 0 Å². The van der Waals surface area contributed by atoms with Crippen molar-refractivity contribution in [3.63, 3.8) is 0 Å². The number of hydrogen-bond donors (Lipinski definition) is 0. The van der Waals surface area contributed by atoms with Gasteiger partial charge in [0.05, 0.1) is 0 Å². The van der Waals surface area contributed by atoms with Crippen LogP contribution in [0.15, 0.2) is 114 Å². The molecule has 0 saturated heterocycles. The zero-order valence-corrected chi connectivity index (χ0v) is 27.5. The van der Waals surface area contributed by atoms with Crippen LogP contribution in [0.4, 0.5) is 0 Å². The summed E-state index contributed by atoms with van der Waals surface area (Å²) in [5.41, 5.74) is 5.74. The van der Waals surface area contributed by atoms with E-state index in [1.165, 1.54) is 57.6 Å². The maximum atomic E-state index is 3.30. The van der Waals surface area contributed by atoms with Gasteiger partial charge in [0.2, 0.25) is 0 Å². The minimum Gasteiger partial charge on any atom is -0.269 e. The normalized spacial score (nSPS) is 12.0. The first kappa shape index (κ1) is 31.3. The van der Waals surface area contributed by atoms with Gasteiger partial charge in [0.15, 0.2) is 0 Å². The van der Waals surface area contributed by atoms with Crippen molar-refractivity contribution in [2.75, 3.05) is 13.3 Å². The van der Waals surface area contributed by atoms with Gasteiger partial charge in [-0.1, -0.05) is 99.8 Å². The van der Waals surface area contributed by atoms with Gasteiger partial charge in [0, 0.05) is 25.8 Å². The fourth-order valence-electron chi connectivity index (χ4n) is 4.22. The Kier molecular flexibility index (Phi) is 14.8. The van der Waals surface area contributed by atoms with E-state index in [0.717, 1.165) is 19.3 Å². The van der Waals surface area contributed by atoms with Crippen LogP contribution in [0.3, 0.4) is 0 Å². The van der Waals surface area contributed by atoms with Gasteiger partial charge in [-0.2, -0.15) is 17.7 Å². The third-order valence-corrected chi connectivity index (χ3v) is 7.80. The standard InChI is InChI=1S/C14H14.C11H12P.C10H15.Hf/c1-3-7-13(8-4-1)11-12-14-9-5-2-6-10-14;1-12(2)11-7-9-5-3-4-6-10(9)8-11;1-3-4-7-10-8-5-6-9(10)2;/h1-10H,11-12H2;3-8H,1-2H3;8H,3-5,7H2,1-2H3;/q;2*-1;. The van der Waals surface area contributed by atoms with Crippen molar-refractivity contribution in [3.8, 4) is 0 Å². The zero-order chi connectivity index (χ0) is 25.6. The van der Waals surface area contributed by atoms with E-state index >= 15 is 0 Å². The summed E-state index contributed by atoms with van der Waals surface area (Å²) in [5.74, 6) is 0. The fraction of sp³-hybridized carbons (Fsp3) is 0.286. The first-order chi connectivity index (χ1) is 17.6. The molecule has 0 nitrogen and oxygen atoms in total. The molecular formula is C35H41HfP-2. The third kappa shape index (κ3) is 11.1. The van der Waals surface area contributed by atoms with Gasteiger partial charge in [0.25, 0.3) is 0 Å². The number of allylic oxidation sites excluding steroid dienone is 4. The molecule has 0 atom stereocenters. The smallest absolute Gasteiger partial charge is 0 e. The molecular weight excluding hydrogens is 630 g/mol. The zero-order valence-electron chi connectivity index (χ0n) is 23.0. The fourth-order valence-corrected chi connectivity index (χ4v) is 5.02. The van der Waals surface area contributed by atoms with Crippen LogP contribution < -0.4 is 5.30 Å². The summed E-state index contributed by atoms with van der Waals surface area (Å²) in [5, 5.41) is 4.26. The number of rotatable bonds is 7. The Balaban J connectivity index is 0.000000195. The maximum Gasteiger partial charge on any atom is 0 e. The minimum absolute atomic E-state index is 0. The quantitative estimate of drug-likeness (QED) is 0.104. The second-order valence-electron chi connectivity index (χ2n) is 9.55. The van der Waals surface area contributed by atoms with Crippen LogP contribution >= 0.6 is 7.92 Å². The molecule has 4 aromatic carbocycles. The minimum atomic E-state index is 0. The average Bonchev–Trinajstić information content (AvgIpc) is 3.54. The number of aryl methyl sites for hydroxylation is 2. The summed E-state index contributed by atoms with van der Waals surface area (Å²) in [6, 6.07) is 34.4. The maximum absolute atomic E-state index is 3.30. The summed E-state index contributed by atoms with van der Waals surface area (Å²) >= 11 is 0. The van der Waals surface area contributed by atoms with E-state index in [0.29, 0.717) is 0 Å². The van der Waals surface area contributed by atoms with Gasteiger partial charge in [-0.05, 0) is 37.3 Å². The van der Waals surface area contributed by atoms with E-state index < -0.39 is 0 Å². The molecule has 0 saturated carbocycles. The van der Waals surface area contributed by atoms with Crippen LogP contribution in [0.5, 0.6) is 0 Å². The van der Waals surface area contributed by atoms with E-state index in [2.05, 4.69) is 136 Å². The molecule has 37 heavy (non-hydrogen) atoms. The summed E-state index contributed by atoms with van der Waals surface area (Å²) in [4.78, 5) is 0. The Morgan fingerprint density at radius 2 is 1.35 bits per heavy atom. The van der Waals surface area contributed by atoms with Crippen LogP contribution in [-0.2, 0) is 38.7 Å². The van der Waals surface area contributed by atoms with Gasteiger partial charge in [-0.3, -0.25) is 6.08 Å². The summed E-state index contributed by atoms with van der Waals surface area (Å²) in [6.45, 7) is 8.99. The SMILES string of the molecule is CCCCC1=CC[C-]=C1C.CP(C)c1cc2ccccc2[cH-]1.[Hf].c1ccc(CCc2ccccc2)cc1. The number of benzene rings is 3. The predicted octanol–water partition coefficient (Wildman–Crippen LogP) is 9.65. The molecule has 0 unspecified atom stereocenters. The van der Waals surface area contributed by atoms with E-state index in [1.807, 2.05) is 0 Å². The number of fused-ring (bicyclic) bond motifs is 1. The Hall–Kier alpha value is -1.95. The van der Waals surface area contributed by atoms with Gasteiger partial charge in [-0.25, -0.2) is 5.57 Å². The molecule has 1 aliphatic rings. The molecule has 0 amide bonds. The van der Waals surface area contributed by atoms with Crippen LogP contribution in [0, 0.1) is 6.08 Å². The molecule has 4 aromatic rings. The molecule has 0 N–H and O–H groups in total. The molecule has 5 rings (SSSR count). The van der Waals surface area contributed by atoms with Crippen molar-refractivity contribution in [2.24, 2.45) is 0 Å². The molecule has 0 fully saturated rings. The van der Waals surface area contributed by atoms with Crippen molar-refractivity contribution >= 4 is 24.0 Å². The second-order valence-corrected chi connectivity index (χ2v) is 11.9. The predicted molar refractivity (Wildman–Crippen MR) is 163 cm³/mol. The monoisotopic (exact) mass is 672 g/mol. The van der Waals surface area contributed by atoms with E-state index in [4.69, 9.17) is 0 Å². The van der Waals surface area contributed by atoms with Crippen LogP contribution in [-0.4, -0.2) is 13.3 Å². The molecule has 0 aromatic heterocycles. The van der Waals surface area contributed by atoms with Gasteiger partial charge in [-0.15, -0.1) is 54.7 Å². The van der Waals surface area contributed by atoms with E-state index in [-0.39, 0.29) is 33.8 Å². The molecule has 2 heteroatoms. The van der Waals surface area contributed by atoms with Gasteiger partial charge in [0.1, 0.15) is 0 Å². The average molecular weight is 671 g/mol. The molecule has 1 aliphatic carbocycles. The molecule has 0 heterocycles. The van der Waals surface area contributed by atoms with Crippen molar-refractivity contribution in [1.29, 1.82) is 0 Å². The summed E-state index contributed by atoms with van der Waals surface area (Å²) in [6.07, 6.45) is 12.8. The van der Waals surface area contributed by atoms with Crippen LogP contribution in [0.1, 0.15) is 50.7 Å². The second kappa shape index (κ2) is 17.5. The molecule has 192 valence electrons. The Labute approximate surface area is 245 Å². The van der Waals surface area contributed by atoms with Crippen molar-refractivity contribution in [2.45, 2.75) is 52.4 Å².